The Balaban J connectivity index is 1.83. The average Bonchev–Trinajstić information content (AvgIpc) is 3.07. The molecule has 102 valence electrons. The molecule has 0 aliphatic rings. The van der Waals surface area contributed by atoms with Gasteiger partial charge < -0.3 is 10.5 Å². The average molecular weight is 314 g/mol. The third-order valence-corrected chi connectivity index (χ3v) is 5.09. The van der Waals surface area contributed by atoms with Gasteiger partial charge in [0, 0.05) is 27.8 Å². The van der Waals surface area contributed by atoms with Gasteiger partial charge in [-0.2, -0.15) is 23.1 Å². The van der Waals surface area contributed by atoms with Gasteiger partial charge in [0.1, 0.15) is 11.0 Å². The van der Waals surface area contributed by atoms with Crippen LogP contribution in [0.3, 0.4) is 0 Å². The van der Waals surface area contributed by atoms with E-state index >= 15 is 0 Å². The fourth-order valence-corrected chi connectivity index (χ4v) is 3.90. The Morgan fingerprint density at radius 2 is 2.42 bits per heavy atom. The number of ether oxygens (including phenoxy) is 1. The molecule has 0 bridgehead atoms. The molecule has 2 aromatic heterocycles. The summed E-state index contributed by atoms with van der Waals surface area (Å²) in [4.78, 5) is 15.7. The van der Waals surface area contributed by atoms with Crippen LogP contribution in [0.4, 0.5) is 0 Å². The highest BCUT2D eigenvalue weighted by Crippen LogP contribution is 2.27. The standard InChI is InChI=1S/C12H14N2O2S3/c1-16-12(15)10(13)7-18-5-9-6-19-11(14-9)8-2-3-17-4-8/h2-4,6,10H,5,7,13H2,1H3. The summed E-state index contributed by atoms with van der Waals surface area (Å²) in [6.45, 7) is 0. The van der Waals surface area contributed by atoms with E-state index in [9.17, 15) is 4.79 Å². The summed E-state index contributed by atoms with van der Waals surface area (Å²) >= 11 is 4.89. The minimum atomic E-state index is -0.565. The van der Waals surface area contributed by atoms with Crippen LogP contribution in [0.1, 0.15) is 5.69 Å². The van der Waals surface area contributed by atoms with E-state index in [1.54, 1.807) is 34.4 Å². The highest BCUT2D eigenvalue weighted by Gasteiger charge is 2.13. The maximum atomic E-state index is 11.1. The summed E-state index contributed by atoms with van der Waals surface area (Å²) in [6.07, 6.45) is 0. The number of thioether (sulfide) groups is 1. The highest BCUT2D eigenvalue weighted by atomic mass is 32.2. The van der Waals surface area contributed by atoms with Crippen LogP contribution < -0.4 is 5.73 Å². The molecule has 0 radical (unpaired) electrons. The minimum Gasteiger partial charge on any atom is -0.468 e. The third-order valence-electron chi connectivity index (χ3n) is 2.37. The van der Waals surface area contributed by atoms with E-state index in [-0.39, 0.29) is 5.97 Å². The second-order valence-corrected chi connectivity index (χ2v) is 6.47. The lowest BCUT2D eigenvalue weighted by atomic mass is 10.4. The number of nitrogens with zero attached hydrogens (tertiary/aromatic N) is 1. The maximum absolute atomic E-state index is 11.1. The van der Waals surface area contributed by atoms with Crippen LogP contribution in [0.2, 0.25) is 0 Å². The van der Waals surface area contributed by atoms with Crippen molar-refractivity contribution in [2.75, 3.05) is 12.9 Å². The molecule has 0 aromatic carbocycles. The summed E-state index contributed by atoms with van der Waals surface area (Å²) in [5.41, 5.74) is 7.85. The molecular formula is C12H14N2O2S3. The summed E-state index contributed by atoms with van der Waals surface area (Å²) in [5, 5.41) is 7.21. The topological polar surface area (TPSA) is 65.2 Å². The van der Waals surface area contributed by atoms with E-state index in [0.717, 1.165) is 22.0 Å². The molecule has 1 unspecified atom stereocenters. The monoisotopic (exact) mass is 314 g/mol. The fourth-order valence-electron chi connectivity index (χ4n) is 1.40. The number of hydrogen-bond donors (Lipinski definition) is 1. The summed E-state index contributed by atoms with van der Waals surface area (Å²) in [7, 11) is 1.35. The van der Waals surface area contributed by atoms with Crippen LogP contribution in [0.25, 0.3) is 10.6 Å². The van der Waals surface area contributed by atoms with Gasteiger partial charge in [-0.25, -0.2) is 4.98 Å². The van der Waals surface area contributed by atoms with Gasteiger partial charge in [-0.15, -0.1) is 11.3 Å². The second kappa shape index (κ2) is 7.04. The fraction of sp³-hybridized carbons (Fsp3) is 0.333. The van der Waals surface area contributed by atoms with Crippen molar-refractivity contribution >= 4 is 40.4 Å². The van der Waals surface area contributed by atoms with Crippen molar-refractivity contribution in [3.8, 4) is 10.6 Å². The first-order valence-electron chi connectivity index (χ1n) is 5.59. The van der Waals surface area contributed by atoms with Crippen molar-refractivity contribution in [2.24, 2.45) is 5.73 Å². The number of carbonyl (C=O) groups excluding carboxylic acids is 1. The van der Waals surface area contributed by atoms with E-state index in [0.29, 0.717) is 5.75 Å². The number of nitrogens with two attached hydrogens (primary N) is 1. The van der Waals surface area contributed by atoms with Crippen LogP contribution in [0.5, 0.6) is 0 Å². The van der Waals surface area contributed by atoms with Crippen molar-refractivity contribution in [3.05, 3.63) is 27.9 Å². The second-order valence-electron chi connectivity index (χ2n) is 3.80. The lowest BCUT2D eigenvalue weighted by Crippen LogP contribution is -2.33. The molecule has 2 heterocycles. The smallest absolute Gasteiger partial charge is 0.323 e. The molecular weight excluding hydrogens is 300 g/mol. The van der Waals surface area contributed by atoms with Crippen molar-refractivity contribution in [3.63, 3.8) is 0 Å². The molecule has 1 atom stereocenters. The van der Waals surface area contributed by atoms with E-state index < -0.39 is 6.04 Å². The van der Waals surface area contributed by atoms with Gasteiger partial charge in [0.25, 0.3) is 0 Å². The number of rotatable bonds is 6. The Labute approximate surface area is 124 Å². The minimum absolute atomic E-state index is 0.371. The largest absolute Gasteiger partial charge is 0.468 e. The maximum Gasteiger partial charge on any atom is 0.323 e. The molecule has 0 fully saturated rings. The predicted octanol–water partition coefficient (Wildman–Crippen LogP) is 2.61. The zero-order chi connectivity index (χ0) is 13.7. The molecule has 7 heteroatoms. The highest BCUT2D eigenvalue weighted by molar-refractivity contribution is 7.98. The van der Waals surface area contributed by atoms with Crippen molar-refractivity contribution in [1.29, 1.82) is 0 Å². The zero-order valence-corrected chi connectivity index (χ0v) is 12.8. The van der Waals surface area contributed by atoms with Crippen LogP contribution >= 0.6 is 34.4 Å². The first-order chi connectivity index (χ1) is 9.20. The van der Waals surface area contributed by atoms with Gasteiger partial charge in [-0.05, 0) is 11.4 Å². The molecule has 0 aliphatic heterocycles. The van der Waals surface area contributed by atoms with Gasteiger partial charge >= 0.3 is 5.97 Å². The van der Waals surface area contributed by atoms with Crippen LogP contribution in [0, 0.1) is 0 Å². The van der Waals surface area contributed by atoms with E-state index in [1.165, 1.54) is 7.11 Å². The van der Waals surface area contributed by atoms with Crippen LogP contribution in [-0.2, 0) is 15.3 Å². The summed E-state index contributed by atoms with van der Waals surface area (Å²) in [5.74, 6) is 0.924. The van der Waals surface area contributed by atoms with Gasteiger partial charge in [0.15, 0.2) is 0 Å². The zero-order valence-electron chi connectivity index (χ0n) is 10.4. The Morgan fingerprint density at radius 1 is 1.58 bits per heavy atom. The summed E-state index contributed by atoms with van der Waals surface area (Å²) < 4.78 is 4.58. The number of thiophene rings is 1. The molecule has 2 aromatic rings. The van der Waals surface area contributed by atoms with Crippen LogP contribution in [0.15, 0.2) is 22.2 Å². The van der Waals surface area contributed by atoms with Crippen molar-refractivity contribution in [2.45, 2.75) is 11.8 Å². The SMILES string of the molecule is COC(=O)C(N)CSCc1csc(-c2ccsc2)n1. The van der Waals surface area contributed by atoms with E-state index in [1.807, 2.05) is 10.8 Å². The Kier molecular flexibility index (Phi) is 5.38. The molecule has 2 rings (SSSR count). The molecule has 19 heavy (non-hydrogen) atoms. The van der Waals surface area contributed by atoms with Gasteiger partial charge in [0.2, 0.25) is 0 Å². The normalized spacial score (nSPS) is 12.3. The molecule has 0 saturated heterocycles. The van der Waals surface area contributed by atoms with Crippen molar-refractivity contribution < 1.29 is 9.53 Å². The molecule has 0 spiro atoms. The number of carbonyl (C=O) groups is 1. The number of aromatic nitrogens is 1. The lowest BCUT2D eigenvalue weighted by Gasteiger charge is -2.07. The number of methoxy groups -OCH3 is 1. The van der Waals surface area contributed by atoms with Gasteiger partial charge in [0.05, 0.1) is 12.8 Å². The number of thiazole rings is 1. The Morgan fingerprint density at radius 3 is 3.11 bits per heavy atom. The van der Waals surface area contributed by atoms with Crippen LogP contribution in [-0.4, -0.2) is 29.9 Å². The Hall–Kier alpha value is -0.890. The first kappa shape index (κ1) is 14.5. The van der Waals surface area contributed by atoms with Gasteiger partial charge in [-0.1, -0.05) is 0 Å². The number of hydrogen-bond acceptors (Lipinski definition) is 7. The number of esters is 1. The van der Waals surface area contributed by atoms with Crippen molar-refractivity contribution in [1.82, 2.24) is 4.98 Å². The van der Waals surface area contributed by atoms with E-state index in [4.69, 9.17) is 5.73 Å². The van der Waals surface area contributed by atoms with Gasteiger partial charge in [-0.3, -0.25) is 4.79 Å². The molecule has 2 N–H and O–H groups in total. The lowest BCUT2D eigenvalue weighted by molar-refractivity contribution is -0.141. The predicted molar refractivity (Wildman–Crippen MR) is 81.6 cm³/mol. The molecule has 0 saturated carbocycles. The Bertz CT molecular complexity index is 525. The van der Waals surface area contributed by atoms with E-state index in [2.05, 4.69) is 21.2 Å². The molecule has 0 amide bonds. The quantitative estimate of drug-likeness (QED) is 0.830. The first-order valence-corrected chi connectivity index (χ1v) is 8.56. The summed E-state index contributed by atoms with van der Waals surface area (Å²) in [6, 6.07) is 1.50. The molecule has 4 nitrogen and oxygen atoms in total. The molecule has 0 aliphatic carbocycles. The third kappa shape index (κ3) is 4.04.